The minimum absolute atomic E-state index is 0.0367. The van der Waals surface area contributed by atoms with Gasteiger partial charge in [0.2, 0.25) is 5.78 Å². The van der Waals surface area contributed by atoms with E-state index < -0.39 is 61.6 Å². The summed E-state index contributed by atoms with van der Waals surface area (Å²) in [5.41, 5.74) is -1.01. The molecule has 0 aromatic heterocycles. The van der Waals surface area contributed by atoms with Crippen molar-refractivity contribution < 1.29 is 41.8 Å². The third-order valence-corrected chi connectivity index (χ3v) is 11.9. The van der Waals surface area contributed by atoms with Crippen LogP contribution in [0.4, 0.5) is 13.6 Å². The molecule has 1 amide bonds. The summed E-state index contributed by atoms with van der Waals surface area (Å²) in [5.74, 6) is -3.63. The number of esters is 1. The Morgan fingerprint density at radius 3 is 2.30 bits per heavy atom. The second-order valence-electron chi connectivity index (χ2n) is 11.3. The van der Waals surface area contributed by atoms with Gasteiger partial charge in [0.25, 0.3) is 0 Å². The number of carbonyl (C=O) groups is 3. The number of ether oxygens (including phenoxy) is 3. The van der Waals surface area contributed by atoms with Crippen molar-refractivity contribution >= 4 is 26.2 Å². The van der Waals surface area contributed by atoms with Crippen LogP contribution in [0, 0.1) is 11.6 Å². The first-order valence-corrected chi connectivity index (χ1v) is 16.0. The second-order valence-corrected chi connectivity index (χ2v) is 16.1. The van der Waals surface area contributed by atoms with E-state index in [1.165, 1.54) is 0 Å². The first-order chi connectivity index (χ1) is 18.7. The van der Waals surface area contributed by atoms with Crippen LogP contribution in [0.15, 0.2) is 48.5 Å². The van der Waals surface area contributed by atoms with Gasteiger partial charge >= 0.3 is 12.1 Å². The van der Waals surface area contributed by atoms with Crippen LogP contribution in [-0.4, -0.2) is 57.6 Å². The lowest BCUT2D eigenvalue weighted by Gasteiger charge is -2.49. The number of ketones is 1. The standard InChI is InChI=1S/C29H37F2NO7Si/c1-28(2,3)40(4,5)39-29(13-15-36-16-14-29)25(32-27(35)38-18-20-9-7-6-8-10-20)26(34)37-19-24(33)22-17-21(30)11-12-23(22)31/h6-12,17,25H,13-16,18-19H2,1-5H3,(H,32,35)/t25-/m0/s1. The van der Waals surface area contributed by atoms with Crippen molar-refractivity contribution in [3.8, 4) is 0 Å². The predicted molar refractivity (Wildman–Crippen MR) is 146 cm³/mol. The van der Waals surface area contributed by atoms with Gasteiger partial charge in [0.1, 0.15) is 18.2 Å². The van der Waals surface area contributed by atoms with Crippen molar-refractivity contribution in [2.45, 2.75) is 70.0 Å². The Kier molecular flexibility index (Phi) is 10.2. The number of alkyl carbamates (subject to hydrolysis) is 1. The molecule has 1 aliphatic heterocycles. The summed E-state index contributed by atoms with van der Waals surface area (Å²) in [6, 6.07) is 10.1. The molecule has 8 nitrogen and oxygen atoms in total. The van der Waals surface area contributed by atoms with Gasteiger partial charge in [-0.1, -0.05) is 51.1 Å². The SMILES string of the molecule is CC(C)(C)[Si](C)(C)OC1([C@@H](NC(=O)OCc2ccccc2)C(=O)OCC(=O)c2cc(F)ccc2F)CCOCC1. The van der Waals surface area contributed by atoms with Crippen LogP contribution < -0.4 is 5.32 Å². The molecular weight excluding hydrogens is 540 g/mol. The Morgan fingerprint density at radius 1 is 1.02 bits per heavy atom. The van der Waals surface area contributed by atoms with Crippen molar-refractivity contribution in [3.63, 3.8) is 0 Å². The fourth-order valence-corrected chi connectivity index (χ4v) is 5.77. The molecule has 0 spiro atoms. The summed E-state index contributed by atoms with van der Waals surface area (Å²) in [6.07, 6.45) is -0.340. The molecule has 1 heterocycles. The number of benzene rings is 2. The van der Waals surface area contributed by atoms with Gasteiger partial charge in [-0.05, 0) is 41.9 Å². The zero-order valence-electron chi connectivity index (χ0n) is 23.6. The van der Waals surface area contributed by atoms with E-state index in [0.29, 0.717) is 0 Å². The zero-order chi connectivity index (χ0) is 29.6. The van der Waals surface area contributed by atoms with Crippen molar-refractivity contribution in [3.05, 3.63) is 71.3 Å². The Bertz CT molecular complexity index is 1190. The normalized spacial score (nSPS) is 16.1. The monoisotopic (exact) mass is 577 g/mol. The van der Waals surface area contributed by atoms with E-state index in [0.717, 1.165) is 23.8 Å². The first kappa shape index (κ1) is 31.4. The third-order valence-electron chi connectivity index (χ3n) is 7.41. The number of Topliss-reactive ketones (excluding diaryl/α,β-unsaturated/α-hetero) is 1. The number of carbonyl (C=O) groups excluding carboxylic acids is 3. The van der Waals surface area contributed by atoms with E-state index in [1.54, 1.807) is 24.3 Å². The number of amides is 1. The van der Waals surface area contributed by atoms with Crippen LogP contribution in [0.25, 0.3) is 0 Å². The quantitative estimate of drug-likeness (QED) is 0.224. The van der Waals surface area contributed by atoms with E-state index in [2.05, 4.69) is 5.32 Å². The molecule has 3 rings (SSSR count). The number of rotatable bonds is 10. The fourth-order valence-electron chi connectivity index (χ4n) is 4.12. The summed E-state index contributed by atoms with van der Waals surface area (Å²) in [4.78, 5) is 39.1. The van der Waals surface area contributed by atoms with E-state index >= 15 is 0 Å². The van der Waals surface area contributed by atoms with Gasteiger partial charge in [-0.2, -0.15) is 0 Å². The average Bonchev–Trinajstić information content (AvgIpc) is 2.90. The van der Waals surface area contributed by atoms with Gasteiger partial charge in [0.05, 0.1) is 11.2 Å². The Hall–Kier alpha value is -3.15. The molecule has 2 aromatic carbocycles. The predicted octanol–water partition coefficient (Wildman–Crippen LogP) is 5.56. The maximum absolute atomic E-state index is 14.1. The highest BCUT2D eigenvalue weighted by molar-refractivity contribution is 6.74. The minimum atomic E-state index is -2.52. The maximum Gasteiger partial charge on any atom is 0.408 e. The number of hydrogen-bond acceptors (Lipinski definition) is 7. The smallest absolute Gasteiger partial charge is 0.408 e. The number of hydrogen-bond donors (Lipinski definition) is 1. The molecule has 0 radical (unpaired) electrons. The molecule has 1 saturated heterocycles. The van der Waals surface area contributed by atoms with Crippen LogP contribution in [0.5, 0.6) is 0 Å². The van der Waals surface area contributed by atoms with Gasteiger partial charge in [0, 0.05) is 26.1 Å². The largest absolute Gasteiger partial charge is 0.456 e. The van der Waals surface area contributed by atoms with Crippen molar-refractivity contribution in [1.29, 1.82) is 0 Å². The third kappa shape index (κ3) is 7.95. The van der Waals surface area contributed by atoms with Crippen LogP contribution in [0.2, 0.25) is 18.1 Å². The average molecular weight is 578 g/mol. The summed E-state index contributed by atoms with van der Waals surface area (Å²) >= 11 is 0. The van der Waals surface area contributed by atoms with Gasteiger partial charge in [0.15, 0.2) is 21.0 Å². The summed E-state index contributed by atoms with van der Waals surface area (Å²) in [7, 11) is -2.52. The van der Waals surface area contributed by atoms with E-state index in [-0.39, 0.29) is 37.7 Å². The Morgan fingerprint density at radius 2 is 1.68 bits per heavy atom. The fraction of sp³-hybridized carbons (Fsp3) is 0.483. The van der Waals surface area contributed by atoms with E-state index in [9.17, 15) is 23.2 Å². The molecule has 2 aromatic rings. The molecule has 1 N–H and O–H groups in total. The van der Waals surface area contributed by atoms with Crippen molar-refractivity contribution in [2.24, 2.45) is 0 Å². The van der Waals surface area contributed by atoms with Gasteiger partial charge < -0.3 is 24.0 Å². The minimum Gasteiger partial charge on any atom is -0.456 e. The topological polar surface area (TPSA) is 100 Å². The van der Waals surface area contributed by atoms with Crippen LogP contribution in [0.3, 0.4) is 0 Å². The summed E-state index contributed by atoms with van der Waals surface area (Å²) < 4.78 is 50.8. The molecule has 1 aliphatic rings. The molecule has 0 saturated carbocycles. The molecule has 1 fully saturated rings. The highest BCUT2D eigenvalue weighted by Crippen LogP contribution is 2.43. The molecule has 11 heteroatoms. The lowest BCUT2D eigenvalue weighted by atomic mass is 9.86. The molecule has 218 valence electrons. The Labute approximate surface area is 234 Å². The summed E-state index contributed by atoms with van der Waals surface area (Å²) in [6.45, 7) is 9.84. The van der Waals surface area contributed by atoms with Gasteiger partial charge in [-0.25, -0.2) is 18.4 Å². The first-order valence-electron chi connectivity index (χ1n) is 13.1. The number of halogens is 2. The van der Waals surface area contributed by atoms with Gasteiger partial charge in [-0.15, -0.1) is 0 Å². The summed E-state index contributed by atoms with van der Waals surface area (Å²) in [5, 5.41) is 2.39. The van der Waals surface area contributed by atoms with Crippen molar-refractivity contribution in [2.75, 3.05) is 19.8 Å². The Balaban J connectivity index is 1.87. The second kappa shape index (κ2) is 13.0. The highest BCUT2D eigenvalue weighted by atomic mass is 28.4. The molecule has 40 heavy (non-hydrogen) atoms. The lowest BCUT2D eigenvalue weighted by Crippen LogP contribution is -2.65. The molecule has 0 unspecified atom stereocenters. The van der Waals surface area contributed by atoms with Crippen molar-refractivity contribution in [1.82, 2.24) is 5.32 Å². The van der Waals surface area contributed by atoms with Crippen LogP contribution in [-0.2, 0) is 30.0 Å². The molecule has 0 bridgehead atoms. The van der Waals surface area contributed by atoms with Gasteiger partial charge in [-0.3, -0.25) is 4.79 Å². The molecular formula is C29H37F2NO7Si. The zero-order valence-corrected chi connectivity index (χ0v) is 24.6. The molecule has 1 atom stereocenters. The van der Waals surface area contributed by atoms with Crippen LogP contribution >= 0.6 is 0 Å². The highest BCUT2D eigenvalue weighted by Gasteiger charge is 2.53. The lowest BCUT2D eigenvalue weighted by molar-refractivity contribution is -0.156. The molecule has 0 aliphatic carbocycles. The van der Waals surface area contributed by atoms with E-state index in [4.69, 9.17) is 18.6 Å². The van der Waals surface area contributed by atoms with E-state index in [1.807, 2.05) is 39.9 Å². The maximum atomic E-state index is 14.1. The number of nitrogens with one attached hydrogen (secondary N) is 1. The van der Waals surface area contributed by atoms with Crippen LogP contribution in [0.1, 0.15) is 49.5 Å².